The Labute approximate surface area is 104 Å². The Morgan fingerprint density at radius 3 is 2.82 bits per heavy atom. The minimum atomic E-state index is -1.07. The minimum absolute atomic E-state index is 0.339. The van der Waals surface area contributed by atoms with Crippen LogP contribution in [-0.2, 0) is 9.53 Å². The lowest BCUT2D eigenvalue weighted by Gasteiger charge is -2.12. The summed E-state index contributed by atoms with van der Waals surface area (Å²) in [5.41, 5.74) is 0.468. The van der Waals surface area contributed by atoms with Gasteiger partial charge in [0, 0.05) is 7.11 Å². The van der Waals surface area contributed by atoms with Crippen molar-refractivity contribution in [3.63, 3.8) is 0 Å². The molecule has 0 aromatic heterocycles. The summed E-state index contributed by atoms with van der Waals surface area (Å²) in [7, 11) is 1.33. The highest BCUT2D eigenvalue weighted by Gasteiger charge is 2.19. The number of benzene rings is 1. The third kappa shape index (κ3) is 3.47. The smallest absolute Gasteiger partial charge is 0.337 e. The fourth-order valence-electron chi connectivity index (χ4n) is 1.33. The van der Waals surface area contributed by atoms with Crippen molar-refractivity contribution in [1.82, 2.24) is 0 Å². The van der Waals surface area contributed by atoms with Gasteiger partial charge in [0.15, 0.2) is 6.10 Å². The number of carboxylic acids is 1. The molecule has 17 heavy (non-hydrogen) atoms. The molecule has 1 rings (SSSR count). The Bertz CT molecular complexity index is 417. The number of carbonyl (C=O) groups is 1. The van der Waals surface area contributed by atoms with Crippen molar-refractivity contribution in [2.75, 3.05) is 13.7 Å². The summed E-state index contributed by atoms with van der Waals surface area (Å²) in [6.45, 7) is 3.86. The third-order valence-electron chi connectivity index (χ3n) is 2.08. The number of hydrogen-bond donors (Lipinski definition) is 1. The van der Waals surface area contributed by atoms with Crippen molar-refractivity contribution in [2.24, 2.45) is 0 Å². The molecule has 0 aliphatic carbocycles. The third-order valence-corrected chi connectivity index (χ3v) is 2.37. The zero-order valence-corrected chi connectivity index (χ0v) is 10.1. The first-order valence-electron chi connectivity index (χ1n) is 4.89. The monoisotopic (exact) mass is 256 g/mol. The Kier molecular flexibility index (Phi) is 5.00. The average molecular weight is 257 g/mol. The molecule has 0 fully saturated rings. The van der Waals surface area contributed by atoms with E-state index in [-0.39, 0.29) is 0 Å². The van der Waals surface area contributed by atoms with Gasteiger partial charge in [0.1, 0.15) is 12.4 Å². The van der Waals surface area contributed by atoms with Crippen molar-refractivity contribution in [3.05, 3.63) is 41.4 Å². The molecule has 1 aromatic rings. The molecule has 1 aromatic carbocycles. The van der Waals surface area contributed by atoms with Crippen molar-refractivity contribution in [1.29, 1.82) is 0 Å². The second-order valence-electron chi connectivity index (χ2n) is 3.24. The van der Waals surface area contributed by atoms with Crippen LogP contribution in [0.3, 0.4) is 0 Å². The zero-order valence-electron chi connectivity index (χ0n) is 9.35. The summed E-state index contributed by atoms with van der Waals surface area (Å²) in [6, 6.07) is 4.73. The van der Waals surface area contributed by atoms with Gasteiger partial charge in [-0.25, -0.2) is 4.79 Å². The number of rotatable bonds is 6. The van der Waals surface area contributed by atoms with Crippen LogP contribution in [0.15, 0.2) is 30.9 Å². The number of carboxylic acid groups (broad SMARTS) is 1. The second kappa shape index (κ2) is 6.27. The summed E-state index contributed by atoms with van der Waals surface area (Å²) in [6.07, 6.45) is 0.570. The van der Waals surface area contributed by atoms with E-state index in [2.05, 4.69) is 6.58 Å². The first-order chi connectivity index (χ1) is 8.10. The van der Waals surface area contributed by atoms with E-state index in [1.54, 1.807) is 18.2 Å². The molecule has 0 heterocycles. The molecule has 0 saturated heterocycles. The number of methoxy groups -OCH3 is 1. The van der Waals surface area contributed by atoms with Gasteiger partial charge in [-0.15, -0.1) is 0 Å². The molecule has 5 heteroatoms. The second-order valence-corrected chi connectivity index (χ2v) is 3.65. The Morgan fingerprint density at radius 2 is 2.35 bits per heavy atom. The Morgan fingerprint density at radius 1 is 1.65 bits per heavy atom. The normalized spacial score (nSPS) is 11.9. The molecule has 0 amide bonds. The van der Waals surface area contributed by atoms with E-state index in [1.807, 2.05) is 0 Å². The van der Waals surface area contributed by atoms with Crippen LogP contribution < -0.4 is 4.74 Å². The van der Waals surface area contributed by atoms with Crippen LogP contribution in [0, 0.1) is 0 Å². The first-order valence-corrected chi connectivity index (χ1v) is 5.26. The maximum atomic E-state index is 10.9. The summed E-state index contributed by atoms with van der Waals surface area (Å²) in [4.78, 5) is 10.9. The van der Waals surface area contributed by atoms with Crippen molar-refractivity contribution < 1.29 is 19.4 Å². The SMILES string of the molecule is C=CCOc1ccc(C(OC)C(=O)O)cc1Cl. The van der Waals surface area contributed by atoms with E-state index in [1.165, 1.54) is 13.2 Å². The van der Waals surface area contributed by atoms with E-state index in [4.69, 9.17) is 26.2 Å². The Balaban J connectivity index is 2.94. The first kappa shape index (κ1) is 13.5. The maximum absolute atomic E-state index is 10.9. The number of aliphatic carboxylic acids is 1. The highest BCUT2D eigenvalue weighted by Crippen LogP contribution is 2.29. The van der Waals surface area contributed by atoms with Crippen LogP contribution >= 0.6 is 11.6 Å². The molecular formula is C12H13ClO4. The van der Waals surface area contributed by atoms with Crippen molar-refractivity contribution in [3.8, 4) is 5.75 Å². The molecule has 1 unspecified atom stereocenters. The summed E-state index contributed by atoms with van der Waals surface area (Å²) in [5, 5.41) is 9.26. The average Bonchev–Trinajstić information content (AvgIpc) is 2.28. The van der Waals surface area contributed by atoms with Crippen LogP contribution in [-0.4, -0.2) is 24.8 Å². The van der Waals surface area contributed by atoms with Crippen LogP contribution in [0.1, 0.15) is 11.7 Å². The highest BCUT2D eigenvalue weighted by atomic mass is 35.5. The van der Waals surface area contributed by atoms with Gasteiger partial charge in [-0.2, -0.15) is 0 Å². The predicted molar refractivity (Wildman–Crippen MR) is 64.5 cm³/mol. The van der Waals surface area contributed by atoms with Gasteiger partial charge < -0.3 is 14.6 Å². The fourth-order valence-corrected chi connectivity index (χ4v) is 1.57. The molecule has 1 N–H and O–H groups in total. The predicted octanol–water partition coefficient (Wildman–Crippen LogP) is 2.68. The van der Waals surface area contributed by atoms with Gasteiger partial charge in [-0.3, -0.25) is 0 Å². The summed E-state index contributed by atoms with van der Waals surface area (Å²) < 4.78 is 10.1. The van der Waals surface area contributed by atoms with E-state index in [9.17, 15) is 4.79 Å². The number of halogens is 1. The van der Waals surface area contributed by atoms with Gasteiger partial charge in [0.25, 0.3) is 0 Å². The largest absolute Gasteiger partial charge is 0.488 e. The van der Waals surface area contributed by atoms with Gasteiger partial charge in [-0.1, -0.05) is 30.3 Å². The van der Waals surface area contributed by atoms with Crippen LogP contribution in [0.4, 0.5) is 0 Å². The molecule has 0 saturated carbocycles. The zero-order chi connectivity index (χ0) is 12.8. The number of hydrogen-bond acceptors (Lipinski definition) is 3. The van der Waals surface area contributed by atoms with Gasteiger partial charge in [-0.05, 0) is 17.7 Å². The molecule has 0 aliphatic rings. The summed E-state index contributed by atoms with van der Waals surface area (Å²) >= 11 is 5.96. The van der Waals surface area contributed by atoms with Gasteiger partial charge in [0.05, 0.1) is 5.02 Å². The highest BCUT2D eigenvalue weighted by molar-refractivity contribution is 6.32. The molecule has 0 spiro atoms. The molecule has 4 nitrogen and oxygen atoms in total. The topological polar surface area (TPSA) is 55.8 Å². The van der Waals surface area contributed by atoms with Crippen LogP contribution in [0.25, 0.3) is 0 Å². The molecule has 0 radical (unpaired) electrons. The van der Waals surface area contributed by atoms with E-state index in [0.29, 0.717) is 22.9 Å². The van der Waals surface area contributed by atoms with Gasteiger partial charge in [0.2, 0.25) is 0 Å². The molecule has 0 bridgehead atoms. The lowest BCUT2D eigenvalue weighted by molar-refractivity contribution is -0.148. The molecule has 1 atom stereocenters. The number of ether oxygens (including phenoxy) is 2. The molecular weight excluding hydrogens is 244 g/mol. The summed E-state index contributed by atoms with van der Waals surface area (Å²) in [5.74, 6) is -0.584. The standard InChI is InChI=1S/C12H13ClO4/c1-3-6-17-10-5-4-8(7-9(10)13)11(16-2)12(14)15/h3-5,7,11H,1,6H2,2H3,(H,14,15). The van der Waals surface area contributed by atoms with Crippen molar-refractivity contribution in [2.45, 2.75) is 6.10 Å². The minimum Gasteiger partial charge on any atom is -0.488 e. The Hall–Kier alpha value is -1.52. The molecule has 92 valence electrons. The van der Waals surface area contributed by atoms with E-state index < -0.39 is 12.1 Å². The van der Waals surface area contributed by atoms with Crippen molar-refractivity contribution >= 4 is 17.6 Å². The van der Waals surface area contributed by atoms with E-state index in [0.717, 1.165) is 0 Å². The fraction of sp³-hybridized carbons (Fsp3) is 0.250. The van der Waals surface area contributed by atoms with Gasteiger partial charge >= 0.3 is 5.97 Å². The molecule has 0 aliphatic heterocycles. The van der Waals surface area contributed by atoms with E-state index >= 15 is 0 Å². The van der Waals surface area contributed by atoms with Crippen LogP contribution in [0.2, 0.25) is 5.02 Å². The lowest BCUT2D eigenvalue weighted by Crippen LogP contribution is -2.13. The lowest BCUT2D eigenvalue weighted by atomic mass is 10.1. The quantitative estimate of drug-likeness (QED) is 0.795. The maximum Gasteiger partial charge on any atom is 0.337 e. The van der Waals surface area contributed by atoms with Crippen LogP contribution in [0.5, 0.6) is 5.75 Å².